The summed E-state index contributed by atoms with van der Waals surface area (Å²) in [6.45, 7) is 3.91. The molecule has 0 unspecified atom stereocenters. The zero-order valence-corrected chi connectivity index (χ0v) is 22.7. The molecule has 2 aliphatic heterocycles. The van der Waals surface area contributed by atoms with E-state index in [1.807, 2.05) is 0 Å². The van der Waals surface area contributed by atoms with E-state index in [4.69, 9.17) is 14.6 Å². The summed E-state index contributed by atoms with van der Waals surface area (Å²) in [7, 11) is -2.39. The summed E-state index contributed by atoms with van der Waals surface area (Å²) in [6.07, 6.45) is 0.752. The van der Waals surface area contributed by atoms with Crippen molar-refractivity contribution < 1.29 is 46.1 Å². The average molecular weight is 588 g/mol. The van der Waals surface area contributed by atoms with Crippen molar-refractivity contribution in [1.29, 1.82) is 0 Å². The largest absolute Gasteiger partial charge is 0.497 e. The Hall–Kier alpha value is -3.52. The van der Waals surface area contributed by atoms with Gasteiger partial charge in [-0.05, 0) is 81.2 Å². The number of rotatable bonds is 7. The van der Waals surface area contributed by atoms with Crippen LogP contribution in [0.5, 0.6) is 5.75 Å². The maximum absolute atomic E-state index is 13.1. The predicted molar refractivity (Wildman–Crippen MR) is 142 cm³/mol. The molecule has 4 rings (SSSR count). The molecule has 2 aromatic carbocycles. The number of ether oxygens (including phenoxy) is 1. The lowest BCUT2D eigenvalue weighted by molar-refractivity contribution is -0.192. The molecule has 0 aromatic heterocycles. The molecule has 220 valence electrons. The monoisotopic (exact) mass is 587 g/mol. The number of likely N-dealkylation sites (tertiary alicyclic amines) is 1. The highest BCUT2D eigenvalue weighted by molar-refractivity contribution is 7.92. The topological polar surface area (TPSA) is 136 Å². The number of aromatic carboxylic acids is 1. The van der Waals surface area contributed by atoms with E-state index in [1.54, 1.807) is 18.2 Å². The molecule has 0 bridgehead atoms. The molecule has 0 saturated carbocycles. The number of carboxylic acid groups (broad SMARTS) is 2. The number of anilines is 2. The quantitative estimate of drug-likeness (QED) is 0.434. The predicted octanol–water partition coefficient (Wildman–Crippen LogP) is 4.28. The van der Waals surface area contributed by atoms with E-state index in [9.17, 15) is 31.5 Å². The highest BCUT2D eigenvalue weighted by Gasteiger charge is 2.38. The van der Waals surface area contributed by atoms with Crippen molar-refractivity contribution in [2.24, 2.45) is 0 Å². The molecule has 14 heteroatoms. The standard InChI is InChI=1S/C24H31N3O5S.C2HF3O2/c1-32-20-6-8-21(9-7-20)33(30,31)25-22-17-18(24(28)29)5-10-23(22)27-15-11-19(12-16-27)26-13-3-2-4-14-26;3-2(4,5)1(6)7/h5-10,17,19,25H,2-4,11-16H2,1H3,(H,28,29);(H,6,7). The Bertz CT molecular complexity index is 1270. The van der Waals surface area contributed by atoms with E-state index in [0.29, 0.717) is 17.5 Å². The number of alkyl halides is 3. The molecule has 3 N–H and O–H groups in total. The summed E-state index contributed by atoms with van der Waals surface area (Å²) >= 11 is 0. The minimum Gasteiger partial charge on any atom is -0.497 e. The number of sulfonamides is 1. The van der Waals surface area contributed by atoms with Gasteiger partial charge in [0, 0.05) is 19.1 Å². The fourth-order valence-electron chi connectivity index (χ4n) is 4.74. The van der Waals surface area contributed by atoms with Crippen molar-refractivity contribution in [2.75, 3.05) is 42.9 Å². The lowest BCUT2D eigenvalue weighted by Crippen LogP contribution is -2.46. The third-order valence-corrected chi connectivity index (χ3v) is 8.19. The van der Waals surface area contributed by atoms with Crippen LogP contribution in [0, 0.1) is 0 Å². The first kappa shape index (κ1) is 31.0. The lowest BCUT2D eigenvalue weighted by atomic mass is 9.99. The molecular weight excluding hydrogens is 555 g/mol. The Labute approximate surface area is 230 Å². The first-order valence-electron chi connectivity index (χ1n) is 12.6. The number of nitrogens with one attached hydrogen (secondary N) is 1. The highest BCUT2D eigenvalue weighted by atomic mass is 32.2. The van der Waals surface area contributed by atoms with Crippen LogP contribution in [0.3, 0.4) is 0 Å². The normalized spacial score (nSPS) is 16.9. The zero-order chi connectivity index (χ0) is 29.5. The molecule has 40 heavy (non-hydrogen) atoms. The van der Waals surface area contributed by atoms with E-state index in [1.165, 1.54) is 50.6 Å². The number of hydrogen-bond acceptors (Lipinski definition) is 7. The van der Waals surface area contributed by atoms with Gasteiger partial charge in [-0.1, -0.05) is 6.42 Å². The van der Waals surface area contributed by atoms with Crippen LogP contribution < -0.4 is 14.4 Å². The van der Waals surface area contributed by atoms with Crippen LogP contribution in [0.1, 0.15) is 42.5 Å². The minimum absolute atomic E-state index is 0.0365. The van der Waals surface area contributed by atoms with Crippen LogP contribution in [-0.2, 0) is 14.8 Å². The molecule has 0 radical (unpaired) electrons. The van der Waals surface area contributed by atoms with Crippen LogP contribution in [0.25, 0.3) is 0 Å². The van der Waals surface area contributed by atoms with Gasteiger partial charge in [0.1, 0.15) is 5.75 Å². The summed E-state index contributed by atoms with van der Waals surface area (Å²) in [5, 5.41) is 16.6. The van der Waals surface area contributed by atoms with Gasteiger partial charge in [-0.25, -0.2) is 18.0 Å². The Balaban J connectivity index is 0.000000559. The van der Waals surface area contributed by atoms with Gasteiger partial charge in [0.15, 0.2) is 0 Å². The molecule has 2 heterocycles. The molecule has 0 spiro atoms. The van der Waals surface area contributed by atoms with Crippen LogP contribution in [0.15, 0.2) is 47.4 Å². The van der Waals surface area contributed by atoms with Crippen molar-refractivity contribution in [1.82, 2.24) is 4.90 Å². The second-order valence-electron chi connectivity index (χ2n) is 9.44. The van der Waals surface area contributed by atoms with Crippen LogP contribution >= 0.6 is 0 Å². The van der Waals surface area contributed by atoms with Gasteiger partial charge < -0.3 is 24.7 Å². The van der Waals surface area contributed by atoms with E-state index in [-0.39, 0.29) is 16.1 Å². The maximum Gasteiger partial charge on any atom is 0.490 e. The van der Waals surface area contributed by atoms with Gasteiger partial charge >= 0.3 is 18.1 Å². The molecule has 0 amide bonds. The van der Waals surface area contributed by atoms with Crippen LogP contribution in [-0.4, -0.2) is 81.0 Å². The number of carbonyl (C=O) groups is 2. The van der Waals surface area contributed by atoms with Gasteiger partial charge in [0.2, 0.25) is 0 Å². The van der Waals surface area contributed by atoms with Crippen molar-refractivity contribution in [2.45, 2.75) is 49.2 Å². The molecule has 10 nitrogen and oxygen atoms in total. The van der Waals surface area contributed by atoms with Crippen molar-refractivity contribution in [3.8, 4) is 5.75 Å². The van der Waals surface area contributed by atoms with Crippen molar-refractivity contribution in [3.63, 3.8) is 0 Å². The molecular formula is C26H32F3N3O7S. The average Bonchev–Trinajstić information content (AvgIpc) is 2.93. The van der Waals surface area contributed by atoms with Crippen LogP contribution in [0.4, 0.5) is 24.5 Å². The Morgan fingerprint density at radius 2 is 1.52 bits per heavy atom. The summed E-state index contributed by atoms with van der Waals surface area (Å²) in [5.74, 6) is -3.30. The van der Waals surface area contributed by atoms with Gasteiger partial charge in [-0.15, -0.1) is 0 Å². The molecule has 2 saturated heterocycles. The van der Waals surface area contributed by atoms with Gasteiger partial charge in [-0.3, -0.25) is 4.72 Å². The Morgan fingerprint density at radius 3 is 2.02 bits per heavy atom. The van der Waals surface area contributed by atoms with E-state index in [0.717, 1.165) is 39.0 Å². The van der Waals surface area contributed by atoms with Gasteiger partial charge in [0.25, 0.3) is 10.0 Å². The smallest absolute Gasteiger partial charge is 0.490 e. The number of halogens is 3. The molecule has 2 aliphatic rings. The van der Waals surface area contributed by atoms with Gasteiger partial charge in [0.05, 0.1) is 28.9 Å². The number of methoxy groups -OCH3 is 1. The van der Waals surface area contributed by atoms with E-state index in [2.05, 4.69) is 14.5 Å². The number of nitrogens with zero attached hydrogens (tertiary/aromatic N) is 2. The summed E-state index contributed by atoms with van der Waals surface area (Å²) < 4.78 is 65.6. The van der Waals surface area contributed by atoms with E-state index >= 15 is 0 Å². The van der Waals surface area contributed by atoms with E-state index < -0.39 is 28.1 Å². The number of piperidine rings is 2. The highest BCUT2D eigenvalue weighted by Crippen LogP contribution is 2.33. The minimum atomic E-state index is -5.08. The summed E-state index contributed by atoms with van der Waals surface area (Å²) in [4.78, 5) is 25.3. The second kappa shape index (κ2) is 13.2. The van der Waals surface area contributed by atoms with Crippen molar-refractivity contribution >= 4 is 33.3 Å². The molecule has 2 aromatic rings. The fraction of sp³-hybridized carbons (Fsp3) is 0.462. The third-order valence-electron chi connectivity index (χ3n) is 6.81. The number of carboxylic acids is 2. The Morgan fingerprint density at radius 1 is 0.950 bits per heavy atom. The van der Waals surface area contributed by atoms with Gasteiger partial charge in [-0.2, -0.15) is 13.2 Å². The Kier molecular flexibility index (Phi) is 10.3. The first-order chi connectivity index (χ1) is 18.8. The summed E-state index contributed by atoms with van der Waals surface area (Å²) in [5.41, 5.74) is 1.02. The van der Waals surface area contributed by atoms with Crippen LogP contribution in [0.2, 0.25) is 0 Å². The number of benzene rings is 2. The SMILES string of the molecule is COc1ccc(S(=O)(=O)Nc2cc(C(=O)O)ccc2N2CCC(N3CCCCC3)CC2)cc1.O=C(O)C(F)(F)F. The lowest BCUT2D eigenvalue weighted by Gasteiger charge is -2.41. The second-order valence-corrected chi connectivity index (χ2v) is 11.1. The first-order valence-corrected chi connectivity index (χ1v) is 14.1. The zero-order valence-electron chi connectivity index (χ0n) is 21.9. The maximum atomic E-state index is 13.1. The number of hydrogen-bond donors (Lipinski definition) is 3. The molecule has 0 aliphatic carbocycles. The molecule has 0 atom stereocenters. The fourth-order valence-corrected chi connectivity index (χ4v) is 5.81. The number of aliphatic carboxylic acids is 1. The molecule has 2 fully saturated rings. The van der Waals surface area contributed by atoms with Crippen molar-refractivity contribution in [3.05, 3.63) is 48.0 Å². The third kappa shape index (κ3) is 8.24. The summed E-state index contributed by atoms with van der Waals surface area (Å²) in [6, 6.07) is 11.3.